The molecule has 1 heterocycles. The minimum Gasteiger partial charge on any atom is -0.352 e. The number of nitrogens with one attached hydrogen (secondary N) is 2. The molecule has 4 heteroatoms. The molecule has 98 valence electrons. The van der Waals surface area contributed by atoms with Gasteiger partial charge in [-0.25, -0.2) is 0 Å². The SMILES string of the molecule is CC(NCC1CCCCN1C)C(=O)NC1CC1. The summed E-state index contributed by atoms with van der Waals surface area (Å²) in [6.45, 7) is 4.07. The van der Waals surface area contributed by atoms with Crippen molar-refractivity contribution in [2.45, 2.75) is 57.2 Å². The van der Waals surface area contributed by atoms with Crippen LogP contribution in [0.1, 0.15) is 39.0 Å². The molecule has 2 aliphatic rings. The summed E-state index contributed by atoms with van der Waals surface area (Å²) in [5.74, 6) is 0.158. The molecule has 0 aromatic rings. The number of likely N-dealkylation sites (tertiary alicyclic amines) is 1. The predicted octanol–water partition coefficient (Wildman–Crippen LogP) is 0.727. The van der Waals surface area contributed by atoms with E-state index in [1.165, 1.54) is 25.8 Å². The van der Waals surface area contributed by atoms with Crippen LogP contribution in [0.2, 0.25) is 0 Å². The van der Waals surface area contributed by atoms with Gasteiger partial charge in [-0.15, -0.1) is 0 Å². The van der Waals surface area contributed by atoms with Crippen molar-refractivity contribution in [2.75, 3.05) is 20.1 Å². The largest absolute Gasteiger partial charge is 0.352 e. The quantitative estimate of drug-likeness (QED) is 0.743. The lowest BCUT2D eigenvalue weighted by Crippen LogP contribution is -2.49. The van der Waals surface area contributed by atoms with Crippen molar-refractivity contribution >= 4 is 5.91 Å². The van der Waals surface area contributed by atoms with Crippen LogP contribution in [-0.4, -0.2) is 49.1 Å². The fourth-order valence-electron chi connectivity index (χ4n) is 2.36. The van der Waals surface area contributed by atoms with Crippen LogP contribution in [0.25, 0.3) is 0 Å². The lowest BCUT2D eigenvalue weighted by molar-refractivity contribution is -0.122. The maximum absolute atomic E-state index is 11.8. The molecule has 1 aliphatic heterocycles. The maximum Gasteiger partial charge on any atom is 0.237 e. The van der Waals surface area contributed by atoms with Crippen LogP contribution in [0.3, 0.4) is 0 Å². The average Bonchev–Trinajstić information content (AvgIpc) is 3.11. The van der Waals surface area contributed by atoms with E-state index in [2.05, 4.69) is 22.6 Å². The molecule has 2 unspecified atom stereocenters. The van der Waals surface area contributed by atoms with E-state index >= 15 is 0 Å². The lowest BCUT2D eigenvalue weighted by Gasteiger charge is -2.33. The van der Waals surface area contributed by atoms with E-state index in [1.54, 1.807) is 0 Å². The van der Waals surface area contributed by atoms with Crippen LogP contribution in [-0.2, 0) is 4.79 Å². The van der Waals surface area contributed by atoms with Gasteiger partial charge in [0.25, 0.3) is 0 Å². The number of carbonyl (C=O) groups excluding carboxylic acids is 1. The topological polar surface area (TPSA) is 44.4 Å². The Bertz CT molecular complexity index is 265. The number of hydrogen-bond donors (Lipinski definition) is 2. The Hall–Kier alpha value is -0.610. The first-order chi connectivity index (χ1) is 8.16. The standard InChI is InChI=1S/C13H25N3O/c1-10(13(17)15-11-6-7-11)14-9-12-5-3-4-8-16(12)2/h10-12,14H,3-9H2,1-2H3,(H,15,17). The third-order valence-corrected chi connectivity index (χ3v) is 3.90. The third kappa shape index (κ3) is 3.96. The zero-order valence-electron chi connectivity index (χ0n) is 11.0. The van der Waals surface area contributed by atoms with Crippen molar-refractivity contribution in [2.24, 2.45) is 0 Å². The molecule has 2 rings (SSSR count). The Kier molecular flexibility index (Phi) is 4.40. The molecule has 1 saturated heterocycles. The molecular weight excluding hydrogens is 214 g/mol. The van der Waals surface area contributed by atoms with Crippen LogP contribution >= 0.6 is 0 Å². The van der Waals surface area contributed by atoms with Crippen molar-refractivity contribution in [3.05, 3.63) is 0 Å². The fourth-order valence-corrected chi connectivity index (χ4v) is 2.36. The van der Waals surface area contributed by atoms with Crippen LogP contribution in [0.5, 0.6) is 0 Å². The molecule has 17 heavy (non-hydrogen) atoms. The van der Waals surface area contributed by atoms with Crippen LogP contribution in [0.15, 0.2) is 0 Å². The molecule has 0 radical (unpaired) electrons. The van der Waals surface area contributed by atoms with Crippen molar-refractivity contribution in [3.8, 4) is 0 Å². The van der Waals surface area contributed by atoms with Gasteiger partial charge in [0, 0.05) is 18.6 Å². The normalized spacial score (nSPS) is 27.8. The van der Waals surface area contributed by atoms with Gasteiger partial charge in [-0.1, -0.05) is 6.42 Å². The van der Waals surface area contributed by atoms with E-state index in [-0.39, 0.29) is 11.9 Å². The number of amides is 1. The molecule has 2 N–H and O–H groups in total. The van der Waals surface area contributed by atoms with Gasteiger partial charge >= 0.3 is 0 Å². The second kappa shape index (κ2) is 5.83. The van der Waals surface area contributed by atoms with Crippen molar-refractivity contribution < 1.29 is 4.79 Å². The van der Waals surface area contributed by atoms with Crippen molar-refractivity contribution in [1.29, 1.82) is 0 Å². The minimum absolute atomic E-state index is 0.0640. The zero-order valence-corrected chi connectivity index (χ0v) is 11.0. The Morgan fingerprint density at radius 2 is 2.12 bits per heavy atom. The molecule has 2 fully saturated rings. The second-order valence-electron chi connectivity index (χ2n) is 5.54. The van der Waals surface area contributed by atoms with Crippen LogP contribution in [0, 0.1) is 0 Å². The predicted molar refractivity (Wildman–Crippen MR) is 68.9 cm³/mol. The van der Waals surface area contributed by atoms with Crippen molar-refractivity contribution in [1.82, 2.24) is 15.5 Å². The average molecular weight is 239 g/mol. The number of piperidine rings is 1. The summed E-state index contributed by atoms with van der Waals surface area (Å²) in [4.78, 5) is 14.2. The maximum atomic E-state index is 11.8. The number of likely N-dealkylation sites (N-methyl/N-ethyl adjacent to an activating group) is 1. The van der Waals surface area contributed by atoms with E-state index in [0.717, 1.165) is 19.4 Å². The first kappa shape index (κ1) is 12.8. The summed E-state index contributed by atoms with van der Waals surface area (Å²) in [7, 11) is 2.18. The highest BCUT2D eigenvalue weighted by atomic mass is 16.2. The van der Waals surface area contributed by atoms with E-state index in [0.29, 0.717) is 12.1 Å². The summed E-state index contributed by atoms with van der Waals surface area (Å²) in [5.41, 5.74) is 0. The molecule has 2 atom stereocenters. The summed E-state index contributed by atoms with van der Waals surface area (Å²) in [5, 5.41) is 6.40. The summed E-state index contributed by atoms with van der Waals surface area (Å²) in [6, 6.07) is 0.995. The second-order valence-corrected chi connectivity index (χ2v) is 5.54. The molecular formula is C13H25N3O. The van der Waals surface area contributed by atoms with Gasteiger partial charge in [-0.05, 0) is 46.2 Å². The molecule has 1 aliphatic carbocycles. The van der Waals surface area contributed by atoms with Crippen molar-refractivity contribution in [3.63, 3.8) is 0 Å². The third-order valence-electron chi connectivity index (χ3n) is 3.90. The molecule has 0 bridgehead atoms. The first-order valence-corrected chi connectivity index (χ1v) is 6.91. The van der Waals surface area contributed by atoms with Gasteiger partial charge in [0.15, 0.2) is 0 Å². The van der Waals surface area contributed by atoms with E-state index < -0.39 is 0 Å². The van der Waals surface area contributed by atoms with Gasteiger partial charge in [-0.3, -0.25) is 4.79 Å². The first-order valence-electron chi connectivity index (χ1n) is 6.91. The molecule has 0 aromatic heterocycles. The van der Waals surface area contributed by atoms with Crippen LogP contribution in [0.4, 0.5) is 0 Å². The smallest absolute Gasteiger partial charge is 0.237 e. The summed E-state index contributed by atoms with van der Waals surface area (Å²) >= 11 is 0. The van der Waals surface area contributed by atoms with Gasteiger partial charge in [0.2, 0.25) is 5.91 Å². The fraction of sp³-hybridized carbons (Fsp3) is 0.923. The number of nitrogens with zero attached hydrogens (tertiary/aromatic N) is 1. The molecule has 4 nitrogen and oxygen atoms in total. The Balaban J connectivity index is 1.66. The number of carbonyl (C=O) groups is 1. The van der Waals surface area contributed by atoms with Gasteiger partial charge < -0.3 is 15.5 Å². The number of hydrogen-bond acceptors (Lipinski definition) is 3. The molecule has 1 amide bonds. The zero-order chi connectivity index (χ0) is 12.3. The lowest BCUT2D eigenvalue weighted by atomic mass is 10.0. The highest BCUT2D eigenvalue weighted by Crippen LogP contribution is 2.18. The van der Waals surface area contributed by atoms with E-state index in [9.17, 15) is 4.79 Å². The highest BCUT2D eigenvalue weighted by molar-refractivity contribution is 5.81. The van der Waals surface area contributed by atoms with E-state index in [1.807, 2.05) is 6.92 Å². The Morgan fingerprint density at radius 1 is 1.35 bits per heavy atom. The van der Waals surface area contributed by atoms with Gasteiger partial charge in [0.05, 0.1) is 6.04 Å². The Labute approximate surface area is 104 Å². The summed E-state index contributed by atoms with van der Waals surface area (Å²) < 4.78 is 0. The summed E-state index contributed by atoms with van der Waals surface area (Å²) in [6.07, 6.45) is 6.19. The monoisotopic (exact) mass is 239 g/mol. The van der Waals surface area contributed by atoms with Crippen LogP contribution < -0.4 is 10.6 Å². The minimum atomic E-state index is -0.0640. The van der Waals surface area contributed by atoms with Gasteiger partial charge in [0.1, 0.15) is 0 Å². The Morgan fingerprint density at radius 3 is 2.76 bits per heavy atom. The highest BCUT2D eigenvalue weighted by Gasteiger charge is 2.26. The number of rotatable bonds is 5. The van der Waals surface area contributed by atoms with E-state index in [4.69, 9.17) is 0 Å². The molecule has 0 spiro atoms. The molecule has 1 saturated carbocycles. The van der Waals surface area contributed by atoms with Gasteiger partial charge in [-0.2, -0.15) is 0 Å². The molecule has 0 aromatic carbocycles.